The van der Waals surface area contributed by atoms with Crippen LogP contribution in [0.25, 0.3) is 5.65 Å². The molecule has 4 rings (SSSR count). The summed E-state index contributed by atoms with van der Waals surface area (Å²) in [5.74, 6) is 2.04. The lowest BCUT2D eigenvalue weighted by Crippen LogP contribution is -2.20. The SMILES string of the molecule is COc1ccc(C)cc1NC(=O)Nc1cccn2c(C3CCC3)nnc12. The van der Waals surface area contributed by atoms with Crippen molar-refractivity contribution in [1.82, 2.24) is 14.6 Å². The normalized spacial score (nSPS) is 14.1. The van der Waals surface area contributed by atoms with Crippen molar-refractivity contribution in [3.63, 3.8) is 0 Å². The molecular weight excluding hydrogens is 330 g/mol. The molecule has 0 unspecified atom stereocenters. The Hall–Kier alpha value is -3.09. The van der Waals surface area contributed by atoms with E-state index in [2.05, 4.69) is 20.8 Å². The Bertz CT molecular complexity index is 962. The molecule has 0 bridgehead atoms. The van der Waals surface area contributed by atoms with Gasteiger partial charge in [0.15, 0.2) is 5.65 Å². The molecule has 1 aromatic carbocycles. The summed E-state index contributed by atoms with van der Waals surface area (Å²) >= 11 is 0. The third-order valence-corrected chi connectivity index (χ3v) is 4.78. The van der Waals surface area contributed by atoms with Gasteiger partial charge in [-0.3, -0.25) is 4.40 Å². The first-order valence-electron chi connectivity index (χ1n) is 8.72. The maximum atomic E-state index is 12.5. The second-order valence-corrected chi connectivity index (χ2v) is 6.58. The summed E-state index contributed by atoms with van der Waals surface area (Å²) in [6.07, 6.45) is 5.46. The first kappa shape index (κ1) is 16.4. The summed E-state index contributed by atoms with van der Waals surface area (Å²) in [5, 5.41) is 14.3. The van der Waals surface area contributed by atoms with Gasteiger partial charge in [-0.15, -0.1) is 10.2 Å². The van der Waals surface area contributed by atoms with Crippen LogP contribution in [0.4, 0.5) is 16.2 Å². The Morgan fingerprint density at radius 1 is 1.19 bits per heavy atom. The summed E-state index contributed by atoms with van der Waals surface area (Å²) < 4.78 is 7.27. The number of amides is 2. The van der Waals surface area contributed by atoms with E-state index in [1.54, 1.807) is 7.11 Å². The number of hydrogen-bond acceptors (Lipinski definition) is 4. The highest BCUT2D eigenvalue weighted by Gasteiger charge is 2.25. The maximum absolute atomic E-state index is 12.5. The van der Waals surface area contributed by atoms with Gasteiger partial charge in [0.05, 0.1) is 18.5 Å². The van der Waals surface area contributed by atoms with E-state index in [0.717, 1.165) is 24.2 Å². The molecule has 134 valence electrons. The van der Waals surface area contributed by atoms with E-state index in [1.165, 1.54) is 6.42 Å². The number of carbonyl (C=O) groups excluding carboxylic acids is 1. The molecule has 0 atom stereocenters. The van der Waals surface area contributed by atoms with Crippen LogP contribution in [0.3, 0.4) is 0 Å². The highest BCUT2D eigenvalue weighted by molar-refractivity contribution is 6.02. The van der Waals surface area contributed by atoms with Crippen molar-refractivity contribution in [2.24, 2.45) is 0 Å². The standard InChI is InChI=1S/C19H21N5O2/c1-12-8-9-16(26-2)15(11-12)21-19(25)20-14-7-4-10-24-17(13-5-3-6-13)22-23-18(14)24/h4,7-11,13H,3,5-6H2,1-2H3,(H2,20,21,25). The van der Waals surface area contributed by atoms with Gasteiger partial charge in [0.25, 0.3) is 0 Å². The highest BCUT2D eigenvalue weighted by Crippen LogP contribution is 2.35. The lowest BCUT2D eigenvalue weighted by Gasteiger charge is -2.23. The van der Waals surface area contributed by atoms with Gasteiger partial charge in [-0.2, -0.15) is 0 Å². The molecule has 0 aliphatic heterocycles. The van der Waals surface area contributed by atoms with Crippen molar-refractivity contribution in [3.05, 3.63) is 47.9 Å². The van der Waals surface area contributed by atoms with Crippen LogP contribution in [0.15, 0.2) is 36.5 Å². The van der Waals surface area contributed by atoms with Crippen molar-refractivity contribution in [3.8, 4) is 5.75 Å². The Morgan fingerprint density at radius 3 is 2.73 bits per heavy atom. The second-order valence-electron chi connectivity index (χ2n) is 6.58. The monoisotopic (exact) mass is 351 g/mol. The topological polar surface area (TPSA) is 80.5 Å². The van der Waals surface area contributed by atoms with Gasteiger partial charge in [-0.05, 0) is 49.6 Å². The number of benzene rings is 1. The first-order valence-corrected chi connectivity index (χ1v) is 8.72. The number of nitrogens with one attached hydrogen (secondary N) is 2. The van der Waals surface area contributed by atoms with Crippen molar-refractivity contribution in [2.75, 3.05) is 17.7 Å². The first-order chi connectivity index (χ1) is 12.7. The molecule has 2 heterocycles. The number of fused-ring (bicyclic) bond motifs is 1. The van der Waals surface area contributed by atoms with Crippen LogP contribution in [0.2, 0.25) is 0 Å². The molecule has 7 heteroatoms. The molecule has 7 nitrogen and oxygen atoms in total. The Kier molecular flexibility index (Phi) is 4.20. The van der Waals surface area contributed by atoms with Crippen molar-refractivity contribution >= 4 is 23.1 Å². The summed E-state index contributed by atoms with van der Waals surface area (Å²) in [6, 6.07) is 8.99. The minimum absolute atomic E-state index is 0.352. The Morgan fingerprint density at radius 2 is 2.00 bits per heavy atom. The molecule has 2 N–H and O–H groups in total. The molecule has 1 saturated carbocycles. The molecule has 2 aromatic heterocycles. The zero-order valence-corrected chi connectivity index (χ0v) is 14.8. The average Bonchev–Trinajstić information content (AvgIpc) is 2.98. The quantitative estimate of drug-likeness (QED) is 0.745. The van der Waals surface area contributed by atoms with Crippen molar-refractivity contribution in [2.45, 2.75) is 32.1 Å². The molecule has 0 saturated heterocycles. The number of hydrogen-bond donors (Lipinski definition) is 2. The van der Waals surface area contributed by atoms with E-state index >= 15 is 0 Å². The number of pyridine rings is 1. The van der Waals surface area contributed by atoms with Gasteiger partial charge in [0.2, 0.25) is 0 Å². The van der Waals surface area contributed by atoms with E-state index in [1.807, 2.05) is 47.9 Å². The predicted octanol–water partition coefficient (Wildman–Crippen LogP) is 3.96. The number of ether oxygens (including phenoxy) is 1. The molecule has 26 heavy (non-hydrogen) atoms. The summed E-state index contributed by atoms with van der Waals surface area (Å²) in [7, 11) is 1.58. The summed E-state index contributed by atoms with van der Waals surface area (Å²) in [4.78, 5) is 12.5. The predicted molar refractivity (Wildman–Crippen MR) is 100.0 cm³/mol. The lowest BCUT2D eigenvalue weighted by atomic mass is 9.85. The maximum Gasteiger partial charge on any atom is 0.323 e. The fourth-order valence-electron chi connectivity index (χ4n) is 3.17. The van der Waals surface area contributed by atoms with Gasteiger partial charge >= 0.3 is 6.03 Å². The summed E-state index contributed by atoms with van der Waals surface area (Å²) in [6.45, 7) is 1.96. The van der Waals surface area contributed by atoms with Crippen LogP contribution < -0.4 is 15.4 Å². The van der Waals surface area contributed by atoms with Crippen LogP contribution in [-0.4, -0.2) is 27.7 Å². The van der Waals surface area contributed by atoms with E-state index in [9.17, 15) is 4.79 Å². The van der Waals surface area contributed by atoms with E-state index in [-0.39, 0.29) is 6.03 Å². The van der Waals surface area contributed by atoms with Gasteiger partial charge < -0.3 is 15.4 Å². The molecule has 1 fully saturated rings. The third-order valence-electron chi connectivity index (χ3n) is 4.78. The lowest BCUT2D eigenvalue weighted by molar-refractivity contribution is 0.262. The number of rotatable bonds is 4. The zero-order valence-electron chi connectivity index (χ0n) is 14.8. The second kappa shape index (κ2) is 6.67. The molecule has 0 spiro atoms. The molecule has 0 radical (unpaired) electrons. The van der Waals surface area contributed by atoms with E-state index in [0.29, 0.717) is 28.7 Å². The van der Waals surface area contributed by atoms with Crippen LogP contribution >= 0.6 is 0 Å². The molecule has 3 aromatic rings. The van der Waals surface area contributed by atoms with Crippen LogP contribution in [0, 0.1) is 6.92 Å². The number of aryl methyl sites for hydroxylation is 1. The van der Waals surface area contributed by atoms with E-state index in [4.69, 9.17) is 4.74 Å². The highest BCUT2D eigenvalue weighted by atomic mass is 16.5. The minimum Gasteiger partial charge on any atom is -0.495 e. The minimum atomic E-state index is -0.352. The molecular formula is C19H21N5O2. The number of urea groups is 1. The van der Waals surface area contributed by atoms with Gasteiger partial charge in [-0.1, -0.05) is 12.5 Å². The van der Waals surface area contributed by atoms with Gasteiger partial charge in [0.1, 0.15) is 11.6 Å². The number of anilines is 2. The fourth-order valence-corrected chi connectivity index (χ4v) is 3.17. The molecule has 1 aliphatic rings. The Balaban J connectivity index is 1.56. The average molecular weight is 351 g/mol. The molecule has 1 aliphatic carbocycles. The van der Waals surface area contributed by atoms with Crippen LogP contribution in [0.5, 0.6) is 5.75 Å². The number of methoxy groups -OCH3 is 1. The largest absolute Gasteiger partial charge is 0.495 e. The van der Waals surface area contributed by atoms with Crippen molar-refractivity contribution in [1.29, 1.82) is 0 Å². The number of nitrogens with zero attached hydrogens (tertiary/aromatic N) is 3. The zero-order chi connectivity index (χ0) is 18.1. The van der Waals surface area contributed by atoms with Crippen molar-refractivity contribution < 1.29 is 9.53 Å². The third kappa shape index (κ3) is 2.96. The van der Waals surface area contributed by atoms with Crippen LogP contribution in [-0.2, 0) is 0 Å². The summed E-state index contributed by atoms with van der Waals surface area (Å²) in [5.41, 5.74) is 2.93. The van der Waals surface area contributed by atoms with Gasteiger partial charge in [0, 0.05) is 12.1 Å². The van der Waals surface area contributed by atoms with E-state index < -0.39 is 0 Å². The number of carbonyl (C=O) groups is 1. The van der Waals surface area contributed by atoms with Crippen LogP contribution in [0.1, 0.15) is 36.6 Å². The smallest absolute Gasteiger partial charge is 0.323 e. The molecule has 2 amide bonds. The fraction of sp³-hybridized carbons (Fsp3) is 0.316. The Labute approximate surface area is 151 Å². The number of aromatic nitrogens is 3. The van der Waals surface area contributed by atoms with Gasteiger partial charge in [-0.25, -0.2) is 4.79 Å².